The zero-order valence-electron chi connectivity index (χ0n) is 9.59. The van der Waals surface area contributed by atoms with Gasteiger partial charge in [0.2, 0.25) is 0 Å². The maximum absolute atomic E-state index is 10.7. The molecule has 0 heterocycles. The molecule has 3 N–H and O–H groups in total. The SMILES string of the molecule is CC(C)(C)[Si](C)(C)N[C@@H](CO)C(=O)O. The summed E-state index contributed by atoms with van der Waals surface area (Å²) in [6, 6.07) is -0.837. The van der Waals surface area contributed by atoms with Gasteiger partial charge >= 0.3 is 5.97 Å². The Labute approximate surface area is 86.4 Å². The first kappa shape index (κ1) is 13.6. The van der Waals surface area contributed by atoms with Crippen molar-refractivity contribution in [3.63, 3.8) is 0 Å². The van der Waals surface area contributed by atoms with Gasteiger partial charge in [-0.2, -0.15) is 0 Å². The van der Waals surface area contributed by atoms with Crippen molar-refractivity contribution in [2.24, 2.45) is 0 Å². The van der Waals surface area contributed by atoms with Gasteiger partial charge < -0.3 is 15.2 Å². The van der Waals surface area contributed by atoms with Crippen molar-refractivity contribution in [2.45, 2.75) is 44.9 Å². The van der Waals surface area contributed by atoms with Gasteiger partial charge in [0.15, 0.2) is 0 Å². The molecular weight excluding hydrogens is 198 g/mol. The molecule has 4 nitrogen and oxygen atoms in total. The van der Waals surface area contributed by atoms with E-state index in [2.05, 4.69) is 38.8 Å². The van der Waals surface area contributed by atoms with Crippen LogP contribution < -0.4 is 4.98 Å². The van der Waals surface area contributed by atoms with Crippen molar-refractivity contribution >= 4 is 14.2 Å². The first-order chi connectivity index (χ1) is 6.12. The number of aliphatic carboxylic acids is 1. The maximum Gasteiger partial charge on any atom is 0.322 e. The van der Waals surface area contributed by atoms with E-state index in [0.29, 0.717) is 0 Å². The number of carboxylic acid groups (broad SMARTS) is 1. The van der Waals surface area contributed by atoms with E-state index in [-0.39, 0.29) is 11.6 Å². The second kappa shape index (κ2) is 4.42. The van der Waals surface area contributed by atoms with Crippen LogP contribution in [-0.4, -0.2) is 37.1 Å². The molecule has 0 aliphatic heterocycles. The van der Waals surface area contributed by atoms with Crippen LogP contribution in [0.15, 0.2) is 0 Å². The molecule has 0 fully saturated rings. The summed E-state index contributed by atoms with van der Waals surface area (Å²) in [5, 5.41) is 17.8. The minimum Gasteiger partial charge on any atom is -0.480 e. The number of hydrogen-bond donors (Lipinski definition) is 3. The molecule has 0 radical (unpaired) electrons. The van der Waals surface area contributed by atoms with Crippen LogP contribution in [0.3, 0.4) is 0 Å². The fourth-order valence-electron chi connectivity index (χ4n) is 0.838. The molecule has 0 aromatic heterocycles. The Morgan fingerprint density at radius 1 is 1.43 bits per heavy atom. The molecule has 0 aromatic carbocycles. The molecule has 0 aliphatic rings. The lowest BCUT2D eigenvalue weighted by Crippen LogP contribution is -2.59. The highest BCUT2D eigenvalue weighted by Gasteiger charge is 2.38. The summed E-state index contributed by atoms with van der Waals surface area (Å²) < 4.78 is 0. The Kier molecular flexibility index (Phi) is 4.29. The lowest BCUT2D eigenvalue weighted by Gasteiger charge is -2.39. The number of carbonyl (C=O) groups is 1. The maximum atomic E-state index is 10.7. The Bertz CT molecular complexity index is 211. The van der Waals surface area contributed by atoms with Crippen LogP contribution in [-0.2, 0) is 4.79 Å². The molecule has 0 saturated carbocycles. The Morgan fingerprint density at radius 3 is 2.07 bits per heavy atom. The van der Waals surface area contributed by atoms with Crippen molar-refractivity contribution in [3.05, 3.63) is 0 Å². The predicted molar refractivity (Wildman–Crippen MR) is 58.8 cm³/mol. The van der Waals surface area contributed by atoms with E-state index in [1.165, 1.54) is 0 Å². The summed E-state index contributed by atoms with van der Waals surface area (Å²) in [7, 11) is -1.84. The number of carboxylic acids is 1. The Hall–Kier alpha value is -0.393. The Morgan fingerprint density at radius 2 is 1.86 bits per heavy atom. The minimum absolute atomic E-state index is 0.0653. The standard InChI is InChI=1S/C9H21NO3Si/c1-9(2,3)14(4,5)10-7(6-11)8(12)13/h7,10-11H,6H2,1-5H3,(H,12,13)/t7-/m0/s1. The zero-order valence-corrected chi connectivity index (χ0v) is 10.6. The molecule has 0 bridgehead atoms. The van der Waals surface area contributed by atoms with Gasteiger partial charge in [0.1, 0.15) is 14.3 Å². The average Bonchev–Trinajstić information content (AvgIpc) is 1.97. The third-order valence-electron chi connectivity index (χ3n) is 2.89. The van der Waals surface area contributed by atoms with Crippen LogP contribution in [0.1, 0.15) is 20.8 Å². The normalized spacial score (nSPS) is 15.3. The van der Waals surface area contributed by atoms with Crippen LogP contribution in [0.25, 0.3) is 0 Å². The summed E-state index contributed by atoms with van der Waals surface area (Å²) in [4.78, 5) is 13.8. The lowest BCUT2D eigenvalue weighted by atomic mass is 10.2. The number of rotatable bonds is 4. The minimum atomic E-state index is -1.84. The number of nitrogens with one attached hydrogen (secondary N) is 1. The highest BCUT2D eigenvalue weighted by Crippen LogP contribution is 2.33. The van der Waals surface area contributed by atoms with Crippen LogP contribution >= 0.6 is 0 Å². The lowest BCUT2D eigenvalue weighted by molar-refractivity contribution is -0.140. The highest BCUT2D eigenvalue weighted by molar-refractivity contribution is 6.78. The second-order valence-corrected chi connectivity index (χ2v) is 10.1. The molecule has 0 unspecified atom stereocenters. The molecule has 0 spiro atoms. The number of aliphatic hydroxyl groups is 1. The molecule has 0 aliphatic carbocycles. The molecule has 0 aromatic rings. The third-order valence-corrected chi connectivity index (χ3v) is 7.71. The van der Waals surface area contributed by atoms with E-state index >= 15 is 0 Å². The summed E-state index contributed by atoms with van der Waals surface area (Å²) in [6.45, 7) is 10.0. The quantitative estimate of drug-likeness (QED) is 0.618. The van der Waals surface area contributed by atoms with Crippen molar-refractivity contribution in [1.29, 1.82) is 0 Å². The molecule has 5 heteroatoms. The van der Waals surface area contributed by atoms with Gasteiger partial charge in [0.25, 0.3) is 0 Å². The monoisotopic (exact) mass is 219 g/mol. The van der Waals surface area contributed by atoms with Gasteiger partial charge in [-0.25, -0.2) is 0 Å². The number of hydrogen-bond acceptors (Lipinski definition) is 3. The summed E-state index contributed by atoms with van der Waals surface area (Å²) >= 11 is 0. The van der Waals surface area contributed by atoms with Crippen LogP contribution in [0.2, 0.25) is 18.1 Å². The van der Waals surface area contributed by atoms with E-state index in [4.69, 9.17) is 10.2 Å². The van der Waals surface area contributed by atoms with Gasteiger partial charge in [0, 0.05) is 0 Å². The van der Waals surface area contributed by atoms with Gasteiger partial charge in [0.05, 0.1) is 6.61 Å². The van der Waals surface area contributed by atoms with E-state index < -0.39 is 20.2 Å². The summed E-state index contributed by atoms with van der Waals surface area (Å²) in [5.41, 5.74) is 0. The van der Waals surface area contributed by atoms with Gasteiger partial charge in [-0.1, -0.05) is 33.9 Å². The molecule has 0 saturated heterocycles. The van der Waals surface area contributed by atoms with E-state index in [1.54, 1.807) is 0 Å². The average molecular weight is 219 g/mol. The summed E-state index contributed by atoms with van der Waals surface area (Å²) in [5.74, 6) is -0.989. The van der Waals surface area contributed by atoms with E-state index in [9.17, 15) is 4.79 Å². The van der Waals surface area contributed by atoms with Crippen molar-refractivity contribution < 1.29 is 15.0 Å². The number of aliphatic hydroxyl groups excluding tert-OH is 1. The molecule has 1 atom stereocenters. The van der Waals surface area contributed by atoms with Gasteiger partial charge in [-0.15, -0.1) is 0 Å². The molecule has 84 valence electrons. The summed E-state index contributed by atoms with van der Waals surface area (Å²) in [6.07, 6.45) is 0. The van der Waals surface area contributed by atoms with Gasteiger partial charge in [-0.05, 0) is 5.04 Å². The van der Waals surface area contributed by atoms with Crippen LogP contribution in [0.5, 0.6) is 0 Å². The van der Waals surface area contributed by atoms with E-state index in [0.717, 1.165) is 0 Å². The van der Waals surface area contributed by atoms with Crippen LogP contribution in [0, 0.1) is 0 Å². The van der Waals surface area contributed by atoms with Gasteiger partial charge in [-0.3, -0.25) is 4.79 Å². The van der Waals surface area contributed by atoms with Crippen molar-refractivity contribution in [3.8, 4) is 0 Å². The highest BCUT2D eigenvalue weighted by atomic mass is 28.3. The largest absolute Gasteiger partial charge is 0.480 e. The fourth-order valence-corrected chi connectivity index (χ4v) is 2.36. The molecular formula is C9H21NO3Si. The molecule has 0 rings (SSSR count). The predicted octanol–water partition coefficient (Wildman–Crippen LogP) is 1.03. The Balaban J connectivity index is 4.56. The van der Waals surface area contributed by atoms with Crippen LogP contribution in [0.4, 0.5) is 0 Å². The zero-order chi connectivity index (χ0) is 11.6. The third kappa shape index (κ3) is 3.40. The second-order valence-electron chi connectivity index (χ2n) is 5.09. The molecule has 14 heavy (non-hydrogen) atoms. The topological polar surface area (TPSA) is 69.6 Å². The first-order valence-corrected chi connectivity index (χ1v) is 7.73. The molecule has 0 amide bonds. The van der Waals surface area contributed by atoms with Crippen molar-refractivity contribution in [2.75, 3.05) is 6.61 Å². The smallest absolute Gasteiger partial charge is 0.322 e. The first-order valence-electron chi connectivity index (χ1n) is 4.73. The van der Waals surface area contributed by atoms with Crippen molar-refractivity contribution in [1.82, 2.24) is 4.98 Å². The fraction of sp³-hybridized carbons (Fsp3) is 0.889. The van der Waals surface area contributed by atoms with E-state index in [1.807, 2.05) is 0 Å².